The van der Waals surface area contributed by atoms with Gasteiger partial charge in [-0.1, -0.05) is 112 Å². The van der Waals surface area contributed by atoms with E-state index in [1.165, 1.54) is 33.5 Å². The monoisotopic (exact) mass is 683 g/mol. The molecule has 3 aromatic rings. The van der Waals surface area contributed by atoms with Crippen LogP contribution in [0, 0.1) is 0 Å². The second-order valence-electron chi connectivity index (χ2n) is 12.1. The minimum absolute atomic E-state index is 0.0447. The highest BCUT2D eigenvalue weighted by molar-refractivity contribution is 7.89. The minimum Gasteiger partial charge on any atom is -0.354 e. The van der Waals surface area contributed by atoms with Gasteiger partial charge in [0.05, 0.1) is 11.3 Å². The zero-order valence-electron chi connectivity index (χ0n) is 27.2. The molecule has 258 valence electrons. The van der Waals surface area contributed by atoms with E-state index in [0.717, 1.165) is 55.4 Å². The average Bonchev–Trinajstić information content (AvgIpc) is 3.09. The van der Waals surface area contributed by atoms with E-state index in [4.69, 9.17) is 0 Å². The first-order chi connectivity index (χ1) is 23.0. The van der Waals surface area contributed by atoms with Crippen molar-refractivity contribution < 1.29 is 31.2 Å². The van der Waals surface area contributed by atoms with Crippen molar-refractivity contribution in [1.29, 1.82) is 0 Å². The fraction of sp³-hybridized carbons (Fsp3) is 0.405. The number of sulfonamides is 1. The number of halogens is 3. The quantitative estimate of drug-likeness (QED) is 0.140. The summed E-state index contributed by atoms with van der Waals surface area (Å²) in [6.07, 6.45) is 3.62. The third-order valence-electron chi connectivity index (χ3n) is 8.60. The van der Waals surface area contributed by atoms with Gasteiger partial charge in [-0.25, -0.2) is 8.42 Å². The second-order valence-corrected chi connectivity index (χ2v) is 14.1. The molecular weight excluding hydrogens is 639 g/mol. The highest BCUT2D eigenvalue weighted by Crippen LogP contribution is 2.29. The summed E-state index contributed by atoms with van der Waals surface area (Å²) in [4.78, 5) is 28.5. The molecule has 0 aliphatic carbocycles. The highest BCUT2D eigenvalue weighted by atomic mass is 32.2. The number of carbonyl (C=O) groups excluding carboxylic acids is 2. The van der Waals surface area contributed by atoms with Crippen molar-refractivity contribution in [2.24, 2.45) is 0 Å². The average molecular weight is 684 g/mol. The van der Waals surface area contributed by atoms with E-state index in [0.29, 0.717) is 12.0 Å². The highest BCUT2D eigenvalue weighted by Gasteiger charge is 2.40. The van der Waals surface area contributed by atoms with Gasteiger partial charge in [0.1, 0.15) is 6.04 Å². The molecule has 1 fully saturated rings. The Morgan fingerprint density at radius 1 is 0.854 bits per heavy atom. The van der Waals surface area contributed by atoms with Crippen LogP contribution in [0.15, 0.2) is 91.0 Å². The Balaban J connectivity index is 1.50. The molecule has 0 spiro atoms. The number of benzene rings is 3. The molecule has 1 N–H and O–H groups in total. The molecule has 4 rings (SSSR count). The van der Waals surface area contributed by atoms with Crippen LogP contribution in [-0.4, -0.2) is 67.4 Å². The molecule has 1 aliphatic heterocycles. The number of rotatable bonds is 15. The van der Waals surface area contributed by atoms with Gasteiger partial charge in [0.2, 0.25) is 21.8 Å². The molecule has 7 nitrogen and oxygen atoms in total. The molecule has 11 heteroatoms. The van der Waals surface area contributed by atoms with Crippen LogP contribution in [0.5, 0.6) is 0 Å². The fourth-order valence-electron chi connectivity index (χ4n) is 5.87. The van der Waals surface area contributed by atoms with Gasteiger partial charge in [-0.15, -0.1) is 0 Å². The van der Waals surface area contributed by atoms with E-state index in [9.17, 15) is 31.2 Å². The summed E-state index contributed by atoms with van der Waals surface area (Å²) in [5.74, 6) is -1.23. The van der Waals surface area contributed by atoms with Crippen molar-refractivity contribution in [3.8, 4) is 0 Å². The maximum atomic E-state index is 13.9. The number of unbranched alkanes of at least 4 members (excludes halogenated alkanes) is 5. The van der Waals surface area contributed by atoms with Gasteiger partial charge in [-0.2, -0.15) is 17.5 Å². The lowest BCUT2D eigenvalue weighted by atomic mass is 9.91. The predicted octanol–water partition coefficient (Wildman–Crippen LogP) is 6.87. The van der Waals surface area contributed by atoms with E-state index in [2.05, 4.69) is 12.2 Å². The number of piperazine rings is 1. The minimum atomic E-state index is -4.47. The normalized spacial score (nSPS) is 16.0. The Morgan fingerprint density at radius 3 is 2.02 bits per heavy atom. The predicted molar refractivity (Wildman–Crippen MR) is 182 cm³/mol. The molecule has 1 heterocycles. The van der Waals surface area contributed by atoms with Gasteiger partial charge in [0.25, 0.3) is 0 Å². The third-order valence-corrected chi connectivity index (χ3v) is 10.6. The molecule has 1 unspecified atom stereocenters. The topological polar surface area (TPSA) is 86.8 Å². The first-order valence-corrected chi connectivity index (χ1v) is 18.1. The van der Waals surface area contributed by atoms with E-state index in [1.54, 1.807) is 0 Å². The SMILES string of the molecule is CCCCCCCCS(=O)(=O)N1CCN(C(=O)/C=C/c2ccc(C(F)(F)F)cc2)CC1C(=O)NCC(c1ccccc1)c1ccccc1. The number of nitrogens with zero attached hydrogens (tertiary/aromatic N) is 2. The molecule has 3 aromatic carbocycles. The molecule has 0 bridgehead atoms. The maximum absolute atomic E-state index is 13.9. The summed E-state index contributed by atoms with van der Waals surface area (Å²) in [5, 5.41) is 2.98. The zero-order chi connectivity index (χ0) is 34.6. The molecule has 2 amide bonds. The van der Waals surface area contributed by atoms with Gasteiger partial charge in [-0.3, -0.25) is 9.59 Å². The fourth-order valence-corrected chi connectivity index (χ4v) is 7.58. The van der Waals surface area contributed by atoms with Gasteiger partial charge in [0, 0.05) is 38.2 Å². The van der Waals surface area contributed by atoms with E-state index >= 15 is 0 Å². The van der Waals surface area contributed by atoms with Crippen molar-refractivity contribution >= 4 is 27.9 Å². The summed E-state index contributed by atoms with van der Waals surface area (Å²) in [5.41, 5.74) is 1.59. The van der Waals surface area contributed by atoms with Crippen molar-refractivity contribution in [2.45, 2.75) is 63.6 Å². The maximum Gasteiger partial charge on any atom is 0.416 e. The van der Waals surface area contributed by atoms with Gasteiger partial charge < -0.3 is 10.2 Å². The number of nitrogens with one attached hydrogen (secondary N) is 1. The lowest BCUT2D eigenvalue weighted by Crippen LogP contribution is -2.61. The van der Waals surface area contributed by atoms with Crippen molar-refractivity contribution in [3.63, 3.8) is 0 Å². The van der Waals surface area contributed by atoms with Crippen LogP contribution in [-0.2, 0) is 25.8 Å². The summed E-state index contributed by atoms with van der Waals surface area (Å²) < 4.78 is 67.3. The lowest BCUT2D eigenvalue weighted by Gasteiger charge is -2.39. The molecule has 0 saturated carbocycles. The Morgan fingerprint density at radius 2 is 1.44 bits per heavy atom. The smallest absolute Gasteiger partial charge is 0.354 e. The number of alkyl halides is 3. The van der Waals surface area contributed by atoms with Crippen LogP contribution in [0.25, 0.3) is 6.08 Å². The molecular formula is C37H44F3N3O4S. The summed E-state index contributed by atoms with van der Waals surface area (Å²) in [6.45, 7) is 2.21. The van der Waals surface area contributed by atoms with Crippen molar-refractivity contribution in [1.82, 2.24) is 14.5 Å². The van der Waals surface area contributed by atoms with Gasteiger partial charge in [0.15, 0.2) is 0 Å². The van der Waals surface area contributed by atoms with E-state index in [-0.39, 0.29) is 37.8 Å². The van der Waals surface area contributed by atoms with E-state index in [1.807, 2.05) is 60.7 Å². The largest absolute Gasteiger partial charge is 0.416 e. The molecule has 1 aliphatic rings. The molecule has 0 aromatic heterocycles. The van der Waals surface area contributed by atoms with Crippen molar-refractivity contribution in [3.05, 3.63) is 113 Å². The van der Waals surface area contributed by atoms with Gasteiger partial charge >= 0.3 is 6.18 Å². The third kappa shape index (κ3) is 10.5. The van der Waals surface area contributed by atoms with E-state index < -0.39 is 39.6 Å². The Labute approximate surface area is 281 Å². The van der Waals surface area contributed by atoms with Crippen LogP contribution in [0.2, 0.25) is 0 Å². The second kappa shape index (κ2) is 17.4. The number of hydrogen-bond acceptors (Lipinski definition) is 4. The number of hydrogen-bond donors (Lipinski definition) is 1. The van der Waals surface area contributed by atoms with Crippen LogP contribution >= 0.6 is 0 Å². The standard InChI is InChI=1S/C37H44F3N3O4S/c1-2-3-4-5-6-13-26-48(46,47)43-25-24-42(35(44)23-20-29-18-21-32(22-19-29)37(38,39)40)28-34(43)36(45)41-27-33(30-14-9-7-10-15-30)31-16-11-8-12-17-31/h7-12,14-23,33-34H,2-6,13,24-28H2,1H3,(H,41,45)/b23-20+. The van der Waals surface area contributed by atoms with Crippen LogP contribution in [0.1, 0.15) is 73.6 Å². The number of amides is 2. The van der Waals surface area contributed by atoms with Crippen LogP contribution in [0.3, 0.4) is 0 Å². The first-order valence-electron chi connectivity index (χ1n) is 16.5. The molecule has 48 heavy (non-hydrogen) atoms. The zero-order valence-corrected chi connectivity index (χ0v) is 28.1. The first kappa shape index (κ1) is 36.9. The lowest BCUT2D eigenvalue weighted by molar-refractivity contribution is -0.137. The van der Waals surface area contributed by atoms with Crippen LogP contribution < -0.4 is 5.32 Å². The molecule has 1 saturated heterocycles. The Bertz CT molecular complexity index is 1560. The number of carbonyl (C=O) groups is 2. The van der Waals surface area contributed by atoms with Crippen LogP contribution in [0.4, 0.5) is 13.2 Å². The molecule has 0 radical (unpaired) electrons. The Kier molecular flexibility index (Phi) is 13.4. The summed E-state index contributed by atoms with van der Waals surface area (Å²) in [7, 11) is -3.81. The van der Waals surface area contributed by atoms with Gasteiger partial charge in [-0.05, 0) is 41.3 Å². The van der Waals surface area contributed by atoms with Crippen molar-refractivity contribution in [2.75, 3.05) is 31.9 Å². The molecule has 1 atom stereocenters. The summed E-state index contributed by atoms with van der Waals surface area (Å²) in [6, 6.07) is 22.7. The Hall–Kier alpha value is -3.96. The summed E-state index contributed by atoms with van der Waals surface area (Å²) >= 11 is 0.